The van der Waals surface area contributed by atoms with Crippen molar-refractivity contribution in [1.82, 2.24) is 10.2 Å². The van der Waals surface area contributed by atoms with Crippen LogP contribution in [0.5, 0.6) is 0 Å². The lowest BCUT2D eigenvalue weighted by Gasteiger charge is -2.31. The second-order valence-corrected chi connectivity index (χ2v) is 5.81. The van der Waals surface area contributed by atoms with Crippen LogP contribution >= 0.6 is 0 Å². The number of carbonyl (C=O) groups is 1. The van der Waals surface area contributed by atoms with Crippen LogP contribution in [-0.2, 0) is 4.79 Å². The molecule has 2 rings (SSSR count). The van der Waals surface area contributed by atoms with Gasteiger partial charge < -0.3 is 10.2 Å². The fourth-order valence-electron chi connectivity index (χ4n) is 2.90. The fourth-order valence-corrected chi connectivity index (χ4v) is 2.90. The van der Waals surface area contributed by atoms with Crippen LogP contribution in [0.3, 0.4) is 0 Å². The van der Waals surface area contributed by atoms with E-state index in [0.717, 1.165) is 12.8 Å². The van der Waals surface area contributed by atoms with Gasteiger partial charge in [-0.3, -0.25) is 4.79 Å². The number of nitrogens with one attached hydrogen (secondary N) is 1. The van der Waals surface area contributed by atoms with Gasteiger partial charge in [0.1, 0.15) is 0 Å². The van der Waals surface area contributed by atoms with E-state index in [1.807, 2.05) is 30.1 Å². The predicted molar refractivity (Wildman–Crippen MR) is 82.5 cm³/mol. The topological polar surface area (TPSA) is 32.3 Å². The molecule has 1 aliphatic rings. The number of hydrogen-bond donors (Lipinski definition) is 1. The number of likely N-dealkylation sites (N-methyl/N-ethyl adjacent to an activating group) is 1. The number of rotatable bonds is 5. The van der Waals surface area contributed by atoms with Gasteiger partial charge in [0.25, 0.3) is 0 Å². The van der Waals surface area contributed by atoms with Crippen molar-refractivity contribution < 1.29 is 4.79 Å². The second-order valence-electron chi connectivity index (χ2n) is 5.81. The molecule has 3 heteroatoms. The van der Waals surface area contributed by atoms with Crippen LogP contribution in [0.4, 0.5) is 0 Å². The summed E-state index contributed by atoms with van der Waals surface area (Å²) < 4.78 is 0. The van der Waals surface area contributed by atoms with Crippen molar-refractivity contribution in [3.8, 4) is 0 Å². The first kappa shape index (κ1) is 15.0. The smallest absolute Gasteiger partial charge is 0.236 e. The normalized spacial score (nSPS) is 17.7. The summed E-state index contributed by atoms with van der Waals surface area (Å²) >= 11 is 0. The van der Waals surface area contributed by atoms with E-state index >= 15 is 0 Å². The molecule has 1 aliphatic carbocycles. The Kier molecular flexibility index (Phi) is 5.60. The lowest BCUT2D eigenvalue weighted by atomic mass is 9.94. The summed E-state index contributed by atoms with van der Waals surface area (Å²) in [5, 5.41) is 3.33. The van der Waals surface area contributed by atoms with Gasteiger partial charge in [0, 0.05) is 19.1 Å². The molecule has 0 bridgehead atoms. The largest absolute Gasteiger partial charge is 0.342 e. The number of hydrogen-bond acceptors (Lipinski definition) is 2. The van der Waals surface area contributed by atoms with Gasteiger partial charge in [0.05, 0.1) is 6.54 Å². The van der Waals surface area contributed by atoms with Crippen LogP contribution < -0.4 is 5.32 Å². The Morgan fingerprint density at radius 2 is 1.90 bits per heavy atom. The van der Waals surface area contributed by atoms with Crippen molar-refractivity contribution in [3.05, 3.63) is 35.9 Å². The molecule has 0 spiro atoms. The molecule has 1 atom stereocenters. The minimum Gasteiger partial charge on any atom is -0.342 e. The zero-order valence-electron chi connectivity index (χ0n) is 12.6. The molecule has 110 valence electrons. The molecule has 1 fully saturated rings. The van der Waals surface area contributed by atoms with E-state index in [1.54, 1.807) is 0 Å². The van der Waals surface area contributed by atoms with E-state index in [1.165, 1.54) is 24.8 Å². The van der Waals surface area contributed by atoms with Gasteiger partial charge in [-0.1, -0.05) is 49.6 Å². The SMILES string of the molecule is CC(NCC(=O)N(C)C1CCCCC1)c1ccccc1. The van der Waals surface area contributed by atoms with Crippen LogP contribution in [0.1, 0.15) is 50.6 Å². The summed E-state index contributed by atoms with van der Waals surface area (Å²) in [7, 11) is 1.95. The standard InChI is InChI=1S/C17H26N2O/c1-14(15-9-5-3-6-10-15)18-13-17(20)19(2)16-11-7-4-8-12-16/h3,5-6,9-10,14,16,18H,4,7-8,11-13H2,1-2H3. The Morgan fingerprint density at radius 3 is 2.55 bits per heavy atom. The van der Waals surface area contributed by atoms with Crippen molar-refractivity contribution in [2.24, 2.45) is 0 Å². The van der Waals surface area contributed by atoms with Crippen LogP contribution in [0.15, 0.2) is 30.3 Å². The quantitative estimate of drug-likeness (QED) is 0.894. The van der Waals surface area contributed by atoms with Crippen LogP contribution in [0.25, 0.3) is 0 Å². The van der Waals surface area contributed by atoms with Crippen molar-refractivity contribution in [3.63, 3.8) is 0 Å². The molecule has 20 heavy (non-hydrogen) atoms. The van der Waals surface area contributed by atoms with Crippen molar-refractivity contribution in [2.45, 2.75) is 51.1 Å². The van der Waals surface area contributed by atoms with Gasteiger partial charge in [-0.2, -0.15) is 0 Å². The highest BCUT2D eigenvalue weighted by molar-refractivity contribution is 5.78. The maximum atomic E-state index is 12.2. The molecule has 0 radical (unpaired) electrons. The molecule has 1 N–H and O–H groups in total. The highest BCUT2D eigenvalue weighted by Gasteiger charge is 2.21. The predicted octanol–water partition coefficient (Wildman–Crippen LogP) is 3.13. The summed E-state index contributed by atoms with van der Waals surface area (Å²) in [4.78, 5) is 14.2. The first-order chi connectivity index (χ1) is 9.68. The molecular formula is C17H26N2O. The van der Waals surface area contributed by atoms with E-state index in [2.05, 4.69) is 24.4 Å². The minimum absolute atomic E-state index is 0.208. The zero-order chi connectivity index (χ0) is 14.4. The Morgan fingerprint density at radius 1 is 1.25 bits per heavy atom. The third-order valence-corrected chi connectivity index (χ3v) is 4.37. The van der Waals surface area contributed by atoms with Gasteiger partial charge >= 0.3 is 0 Å². The minimum atomic E-state index is 0.208. The van der Waals surface area contributed by atoms with Gasteiger partial charge in [0.2, 0.25) is 5.91 Å². The van der Waals surface area contributed by atoms with Crippen molar-refractivity contribution in [1.29, 1.82) is 0 Å². The lowest BCUT2D eigenvalue weighted by molar-refractivity contribution is -0.131. The third-order valence-electron chi connectivity index (χ3n) is 4.37. The molecule has 0 aromatic heterocycles. The van der Waals surface area contributed by atoms with Gasteiger partial charge in [-0.15, -0.1) is 0 Å². The van der Waals surface area contributed by atoms with E-state index < -0.39 is 0 Å². The highest BCUT2D eigenvalue weighted by atomic mass is 16.2. The van der Waals surface area contributed by atoms with E-state index in [9.17, 15) is 4.79 Å². The van der Waals surface area contributed by atoms with Crippen LogP contribution in [-0.4, -0.2) is 30.4 Å². The van der Waals surface area contributed by atoms with E-state index in [0.29, 0.717) is 12.6 Å². The summed E-state index contributed by atoms with van der Waals surface area (Å²) in [6.45, 7) is 2.52. The molecule has 1 unspecified atom stereocenters. The summed E-state index contributed by atoms with van der Waals surface area (Å²) in [5.41, 5.74) is 1.22. The Labute approximate surface area is 122 Å². The molecule has 1 aromatic carbocycles. The summed E-state index contributed by atoms with van der Waals surface area (Å²) in [6, 6.07) is 10.9. The van der Waals surface area contributed by atoms with E-state index in [4.69, 9.17) is 0 Å². The van der Waals surface area contributed by atoms with Gasteiger partial charge in [0.15, 0.2) is 0 Å². The molecule has 0 aliphatic heterocycles. The lowest BCUT2D eigenvalue weighted by Crippen LogP contribution is -2.43. The highest BCUT2D eigenvalue weighted by Crippen LogP contribution is 2.21. The molecule has 3 nitrogen and oxygen atoms in total. The summed E-state index contributed by atoms with van der Waals surface area (Å²) in [5.74, 6) is 0.208. The first-order valence-electron chi connectivity index (χ1n) is 7.72. The Bertz CT molecular complexity index is 412. The Balaban J connectivity index is 1.79. The average Bonchev–Trinajstić information content (AvgIpc) is 2.53. The molecular weight excluding hydrogens is 248 g/mol. The van der Waals surface area contributed by atoms with E-state index in [-0.39, 0.29) is 11.9 Å². The number of amides is 1. The molecule has 1 amide bonds. The molecule has 0 heterocycles. The van der Waals surface area contributed by atoms with Gasteiger partial charge in [-0.25, -0.2) is 0 Å². The third kappa shape index (κ3) is 4.07. The number of benzene rings is 1. The number of carbonyl (C=O) groups excluding carboxylic acids is 1. The monoisotopic (exact) mass is 274 g/mol. The first-order valence-corrected chi connectivity index (χ1v) is 7.72. The Hall–Kier alpha value is -1.35. The molecule has 0 saturated heterocycles. The number of nitrogens with zero attached hydrogens (tertiary/aromatic N) is 1. The van der Waals surface area contributed by atoms with Crippen LogP contribution in [0.2, 0.25) is 0 Å². The zero-order valence-corrected chi connectivity index (χ0v) is 12.6. The molecule has 1 aromatic rings. The molecule has 1 saturated carbocycles. The fraction of sp³-hybridized carbons (Fsp3) is 0.588. The van der Waals surface area contributed by atoms with Crippen LogP contribution in [0, 0.1) is 0 Å². The van der Waals surface area contributed by atoms with Gasteiger partial charge in [-0.05, 0) is 25.3 Å². The summed E-state index contributed by atoms with van der Waals surface area (Å²) in [6.07, 6.45) is 6.17. The maximum absolute atomic E-state index is 12.2. The second kappa shape index (κ2) is 7.44. The maximum Gasteiger partial charge on any atom is 0.236 e. The van der Waals surface area contributed by atoms with Crippen molar-refractivity contribution >= 4 is 5.91 Å². The average molecular weight is 274 g/mol. The van der Waals surface area contributed by atoms with Crippen molar-refractivity contribution in [2.75, 3.05) is 13.6 Å².